The lowest BCUT2D eigenvalue weighted by Gasteiger charge is -2.08. The van der Waals surface area contributed by atoms with Gasteiger partial charge in [0, 0.05) is 17.1 Å². The van der Waals surface area contributed by atoms with Gasteiger partial charge in [-0.1, -0.05) is 29.8 Å². The van der Waals surface area contributed by atoms with E-state index < -0.39 is 5.91 Å². The maximum atomic E-state index is 12.8. The zero-order chi connectivity index (χ0) is 15.2. The summed E-state index contributed by atoms with van der Waals surface area (Å²) in [6.45, 7) is 1.35. The van der Waals surface area contributed by atoms with Crippen molar-refractivity contribution < 1.29 is 9.18 Å². The largest absolute Gasteiger partial charge is 0.366 e. The Balaban J connectivity index is 1.83. The maximum Gasteiger partial charge on any atom is 0.248 e. The molecule has 1 amide bonds. The van der Waals surface area contributed by atoms with E-state index in [1.54, 1.807) is 30.3 Å². The van der Waals surface area contributed by atoms with Gasteiger partial charge < -0.3 is 11.1 Å². The Morgan fingerprint density at radius 2 is 1.90 bits per heavy atom. The molecule has 3 nitrogen and oxygen atoms in total. The summed E-state index contributed by atoms with van der Waals surface area (Å²) >= 11 is 6.10. The van der Waals surface area contributed by atoms with Crippen LogP contribution >= 0.6 is 11.6 Å². The summed E-state index contributed by atoms with van der Waals surface area (Å²) in [5.41, 5.74) is 7.56. The van der Waals surface area contributed by atoms with Gasteiger partial charge in [0.15, 0.2) is 0 Å². The Bertz CT molecular complexity index is 629. The second-order valence-corrected chi connectivity index (χ2v) is 5.13. The number of nitrogens with one attached hydrogen (secondary N) is 1. The molecule has 2 aromatic rings. The molecule has 2 rings (SSSR count). The first kappa shape index (κ1) is 15.5. The Labute approximate surface area is 127 Å². The number of primary amides is 1. The van der Waals surface area contributed by atoms with E-state index in [1.165, 1.54) is 12.1 Å². The van der Waals surface area contributed by atoms with Crippen molar-refractivity contribution in [3.8, 4) is 0 Å². The van der Waals surface area contributed by atoms with Crippen LogP contribution in [0.5, 0.6) is 0 Å². The fourth-order valence-electron chi connectivity index (χ4n) is 1.95. The monoisotopic (exact) mass is 306 g/mol. The van der Waals surface area contributed by atoms with Gasteiger partial charge >= 0.3 is 0 Å². The molecule has 0 unspecified atom stereocenters. The zero-order valence-corrected chi connectivity index (χ0v) is 12.2. The van der Waals surface area contributed by atoms with Crippen LogP contribution in [0.3, 0.4) is 0 Å². The van der Waals surface area contributed by atoms with Crippen molar-refractivity contribution >= 4 is 17.5 Å². The summed E-state index contributed by atoms with van der Waals surface area (Å²) in [6, 6.07) is 11.5. The highest BCUT2D eigenvalue weighted by molar-refractivity contribution is 6.31. The molecule has 110 valence electrons. The summed E-state index contributed by atoms with van der Waals surface area (Å²) < 4.78 is 12.8. The van der Waals surface area contributed by atoms with Gasteiger partial charge in [0.25, 0.3) is 0 Å². The summed E-state index contributed by atoms with van der Waals surface area (Å²) in [6.07, 6.45) is 0.803. The molecule has 21 heavy (non-hydrogen) atoms. The van der Waals surface area contributed by atoms with E-state index in [9.17, 15) is 9.18 Å². The van der Waals surface area contributed by atoms with Gasteiger partial charge in [-0.2, -0.15) is 0 Å². The second kappa shape index (κ2) is 7.20. The minimum atomic E-state index is -0.493. The molecule has 0 aromatic heterocycles. The molecular formula is C16H16ClFN2O. The minimum absolute atomic E-state index is 0.229. The van der Waals surface area contributed by atoms with Crippen molar-refractivity contribution in [3.05, 3.63) is 70.0 Å². The summed E-state index contributed by atoms with van der Waals surface area (Å²) in [4.78, 5) is 11.0. The number of hydrogen-bond acceptors (Lipinski definition) is 2. The topological polar surface area (TPSA) is 55.1 Å². The molecule has 0 saturated heterocycles. The molecule has 0 bridgehead atoms. The third-order valence-electron chi connectivity index (χ3n) is 3.16. The smallest absolute Gasteiger partial charge is 0.248 e. The standard InChI is InChI=1S/C16H16ClFN2O/c17-15-9-12(16(19)21)3-4-13(15)10-20-8-7-11-1-5-14(18)6-2-11/h1-6,9,20H,7-8,10H2,(H2,19,21). The van der Waals surface area contributed by atoms with E-state index in [-0.39, 0.29) is 5.82 Å². The first-order chi connectivity index (χ1) is 10.1. The summed E-state index contributed by atoms with van der Waals surface area (Å²) in [7, 11) is 0. The highest BCUT2D eigenvalue weighted by atomic mass is 35.5. The SMILES string of the molecule is NC(=O)c1ccc(CNCCc2ccc(F)cc2)c(Cl)c1. The Morgan fingerprint density at radius 1 is 1.19 bits per heavy atom. The van der Waals surface area contributed by atoms with Crippen LogP contribution in [0.4, 0.5) is 4.39 Å². The van der Waals surface area contributed by atoms with Crippen molar-refractivity contribution in [2.24, 2.45) is 5.73 Å². The fourth-order valence-corrected chi connectivity index (χ4v) is 2.20. The molecular weight excluding hydrogens is 291 g/mol. The number of carbonyl (C=O) groups excluding carboxylic acids is 1. The highest BCUT2D eigenvalue weighted by Gasteiger charge is 2.05. The molecule has 0 aliphatic heterocycles. The van der Waals surface area contributed by atoms with Crippen LogP contribution in [0, 0.1) is 5.82 Å². The molecule has 0 atom stereocenters. The van der Waals surface area contributed by atoms with Crippen LogP contribution in [0.2, 0.25) is 5.02 Å². The van der Waals surface area contributed by atoms with Gasteiger partial charge in [-0.3, -0.25) is 4.79 Å². The number of rotatable bonds is 6. The molecule has 0 aliphatic rings. The van der Waals surface area contributed by atoms with E-state index in [0.717, 1.165) is 24.1 Å². The van der Waals surface area contributed by atoms with E-state index in [1.807, 2.05) is 0 Å². The van der Waals surface area contributed by atoms with Gasteiger partial charge in [0.2, 0.25) is 5.91 Å². The molecule has 0 saturated carbocycles. The molecule has 0 heterocycles. The van der Waals surface area contributed by atoms with Crippen molar-refractivity contribution in [2.75, 3.05) is 6.54 Å². The Hall–Kier alpha value is -1.91. The Morgan fingerprint density at radius 3 is 2.52 bits per heavy atom. The lowest BCUT2D eigenvalue weighted by Crippen LogP contribution is -2.17. The third-order valence-corrected chi connectivity index (χ3v) is 3.51. The van der Waals surface area contributed by atoms with Crippen LogP contribution in [0.25, 0.3) is 0 Å². The highest BCUT2D eigenvalue weighted by Crippen LogP contribution is 2.17. The number of hydrogen-bond donors (Lipinski definition) is 2. The lowest BCUT2D eigenvalue weighted by molar-refractivity contribution is 0.100. The molecule has 2 aromatic carbocycles. The molecule has 5 heteroatoms. The van der Waals surface area contributed by atoms with Crippen molar-refractivity contribution in [1.29, 1.82) is 0 Å². The fraction of sp³-hybridized carbons (Fsp3) is 0.188. The third kappa shape index (κ3) is 4.55. The van der Waals surface area contributed by atoms with Gasteiger partial charge in [0.05, 0.1) is 0 Å². The van der Waals surface area contributed by atoms with E-state index in [4.69, 9.17) is 17.3 Å². The van der Waals surface area contributed by atoms with Gasteiger partial charge in [0.1, 0.15) is 5.82 Å². The van der Waals surface area contributed by atoms with Crippen LogP contribution in [-0.2, 0) is 13.0 Å². The molecule has 0 fully saturated rings. The number of amides is 1. The van der Waals surface area contributed by atoms with Crippen LogP contribution in [-0.4, -0.2) is 12.5 Å². The molecule has 0 spiro atoms. The van der Waals surface area contributed by atoms with Gasteiger partial charge in [-0.25, -0.2) is 4.39 Å². The number of halogens is 2. The first-order valence-corrected chi connectivity index (χ1v) is 6.97. The van der Waals surface area contributed by atoms with Crippen LogP contribution < -0.4 is 11.1 Å². The van der Waals surface area contributed by atoms with Gasteiger partial charge in [-0.15, -0.1) is 0 Å². The van der Waals surface area contributed by atoms with Crippen molar-refractivity contribution in [3.63, 3.8) is 0 Å². The lowest BCUT2D eigenvalue weighted by atomic mass is 10.1. The molecule has 0 aliphatic carbocycles. The zero-order valence-electron chi connectivity index (χ0n) is 11.4. The summed E-state index contributed by atoms with van der Waals surface area (Å²) in [5, 5.41) is 3.77. The first-order valence-electron chi connectivity index (χ1n) is 6.59. The van der Waals surface area contributed by atoms with Crippen LogP contribution in [0.15, 0.2) is 42.5 Å². The average Bonchev–Trinajstić information content (AvgIpc) is 2.46. The second-order valence-electron chi connectivity index (χ2n) is 4.72. The van der Waals surface area contributed by atoms with Crippen LogP contribution in [0.1, 0.15) is 21.5 Å². The predicted octanol–water partition coefficient (Wildman–Crippen LogP) is 2.91. The minimum Gasteiger partial charge on any atom is -0.366 e. The number of benzene rings is 2. The van der Waals surface area contributed by atoms with Crippen molar-refractivity contribution in [2.45, 2.75) is 13.0 Å². The molecule has 0 radical (unpaired) electrons. The number of carbonyl (C=O) groups is 1. The van der Waals surface area contributed by atoms with E-state index in [0.29, 0.717) is 17.1 Å². The Kier molecular flexibility index (Phi) is 5.31. The van der Waals surface area contributed by atoms with E-state index >= 15 is 0 Å². The van der Waals surface area contributed by atoms with Gasteiger partial charge in [-0.05, 0) is 48.4 Å². The maximum absolute atomic E-state index is 12.8. The molecule has 3 N–H and O–H groups in total. The summed E-state index contributed by atoms with van der Waals surface area (Å²) in [5.74, 6) is -0.722. The predicted molar refractivity (Wildman–Crippen MR) is 81.8 cm³/mol. The number of nitrogens with two attached hydrogens (primary N) is 1. The quantitative estimate of drug-likeness (QED) is 0.806. The normalized spacial score (nSPS) is 10.6. The average molecular weight is 307 g/mol. The van der Waals surface area contributed by atoms with E-state index in [2.05, 4.69) is 5.32 Å². The van der Waals surface area contributed by atoms with Crippen molar-refractivity contribution in [1.82, 2.24) is 5.32 Å².